The highest BCUT2D eigenvalue weighted by atomic mass is 16.3. The molecule has 3 aromatic carbocycles. The monoisotopic (exact) mass is 393 g/mol. The zero-order valence-electron chi connectivity index (χ0n) is 16.1. The van der Waals surface area contributed by atoms with Crippen LogP contribution in [0.4, 0.5) is 0 Å². The molecule has 2 aromatic heterocycles. The molecule has 1 N–H and O–H groups in total. The van der Waals surface area contributed by atoms with Crippen molar-refractivity contribution in [2.24, 2.45) is 0 Å². The molecular weight excluding hydrogens is 374 g/mol. The topological polar surface area (TPSA) is 64.1 Å². The van der Waals surface area contributed by atoms with Crippen molar-refractivity contribution in [2.45, 2.75) is 0 Å². The van der Waals surface area contributed by atoms with Gasteiger partial charge in [-0.05, 0) is 29.8 Å². The number of rotatable bonds is 4. The second-order valence-corrected chi connectivity index (χ2v) is 6.87. The molecule has 2 heterocycles. The van der Waals surface area contributed by atoms with Crippen LogP contribution >= 0.6 is 0 Å². The van der Waals surface area contributed by atoms with Crippen LogP contribution in [0.5, 0.6) is 0 Å². The lowest BCUT2D eigenvalue weighted by Crippen LogP contribution is -2.15. The fourth-order valence-corrected chi connectivity index (χ4v) is 3.58. The number of aliphatic hydroxyl groups is 1. The highest BCUT2D eigenvalue weighted by molar-refractivity contribution is 5.80. The Bertz CT molecular complexity index is 1420. The van der Waals surface area contributed by atoms with Crippen LogP contribution in [0.2, 0.25) is 0 Å². The van der Waals surface area contributed by atoms with Crippen molar-refractivity contribution >= 4 is 22.3 Å². The molecule has 0 amide bonds. The molecule has 0 aliphatic carbocycles. The molecule has 5 heteroatoms. The minimum Gasteiger partial charge on any atom is -0.455 e. The second kappa shape index (κ2) is 7.81. The third-order valence-electron chi connectivity index (χ3n) is 5.03. The maximum Gasteiger partial charge on any atom is 0.153 e. The zero-order valence-corrected chi connectivity index (χ0v) is 16.1. The summed E-state index contributed by atoms with van der Waals surface area (Å²) in [4.78, 5) is 0. The Morgan fingerprint density at radius 2 is 1.37 bits per heavy atom. The van der Waals surface area contributed by atoms with Gasteiger partial charge in [0.25, 0.3) is 0 Å². The molecule has 0 saturated carbocycles. The van der Waals surface area contributed by atoms with E-state index in [0.717, 1.165) is 33.4 Å². The van der Waals surface area contributed by atoms with E-state index in [1.807, 2.05) is 97.1 Å². The fraction of sp³-hybridized carbons (Fsp3) is 0.0400. The standard InChI is InChI=1S/C25H19N3O2/c29-17-20(18-9-3-1-4-10-18)23-15-16-24(30-23)25(19-11-5-2-6-12-19)28-22-14-8-7-13-21(22)26-27-28/h1-16,29H,17H2/b23-20+,25-24-. The van der Waals surface area contributed by atoms with Crippen molar-refractivity contribution < 1.29 is 9.52 Å². The number of aliphatic hydroxyl groups excluding tert-OH is 1. The highest BCUT2D eigenvalue weighted by Crippen LogP contribution is 2.19. The zero-order chi connectivity index (χ0) is 20.3. The van der Waals surface area contributed by atoms with E-state index in [1.165, 1.54) is 0 Å². The van der Waals surface area contributed by atoms with Gasteiger partial charge in [-0.3, -0.25) is 0 Å². The first kappa shape index (κ1) is 18.1. The van der Waals surface area contributed by atoms with E-state index < -0.39 is 0 Å². The van der Waals surface area contributed by atoms with E-state index in [2.05, 4.69) is 10.3 Å². The van der Waals surface area contributed by atoms with Gasteiger partial charge in [0, 0.05) is 11.1 Å². The van der Waals surface area contributed by atoms with Crippen molar-refractivity contribution in [3.63, 3.8) is 0 Å². The summed E-state index contributed by atoms with van der Waals surface area (Å²) in [7, 11) is 0. The Hall–Kier alpha value is -3.96. The van der Waals surface area contributed by atoms with Crippen molar-refractivity contribution in [2.75, 3.05) is 6.61 Å². The molecule has 5 rings (SSSR count). The van der Waals surface area contributed by atoms with E-state index >= 15 is 0 Å². The number of furan rings is 1. The largest absolute Gasteiger partial charge is 0.455 e. The van der Waals surface area contributed by atoms with E-state index in [4.69, 9.17) is 4.42 Å². The molecule has 0 aliphatic heterocycles. The predicted molar refractivity (Wildman–Crippen MR) is 116 cm³/mol. The van der Waals surface area contributed by atoms with Crippen LogP contribution in [0, 0.1) is 0 Å². The summed E-state index contributed by atoms with van der Waals surface area (Å²) < 4.78 is 8.06. The molecule has 30 heavy (non-hydrogen) atoms. The van der Waals surface area contributed by atoms with E-state index in [1.54, 1.807) is 4.68 Å². The van der Waals surface area contributed by atoms with Gasteiger partial charge in [0.05, 0.1) is 12.1 Å². The second-order valence-electron chi connectivity index (χ2n) is 6.87. The van der Waals surface area contributed by atoms with Crippen molar-refractivity contribution in [1.82, 2.24) is 15.0 Å². The summed E-state index contributed by atoms with van der Waals surface area (Å²) in [5, 5.41) is 18.7. The molecule has 0 aliphatic rings. The van der Waals surface area contributed by atoms with Gasteiger partial charge in [-0.1, -0.05) is 78.0 Å². The average molecular weight is 393 g/mol. The van der Waals surface area contributed by atoms with Crippen LogP contribution in [0.15, 0.2) is 101 Å². The average Bonchev–Trinajstić information content (AvgIpc) is 3.45. The van der Waals surface area contributed by atoms with Crippen LogP contribution in [0.25, 0.3) is 22.3 Å². The molecule has 0 radical (unpaired) electrons. The fourth-order valence-electron chi connectivity index (χ4n) is 3.58. The maximum atomic E-state index is 9.99. The van der Waals surface area contributed by atoms with E-state index in [9.17, 15) is 5.11 Å². The molecule has 0 saturated heterocycles. The van der Waals surface area contributed by atoms with Gasteiger partial charge >= 0.3 is 0 Å². The Kier molecular flexibility index (Phi) is 4.71. The quantitative estimate of drug-likeness (QED) is 0.510. The number of hydrogen-bond donors (Lipinski definition) is 1. The maximum absolute atomic E-state index is 9.99. The number of fused-ring (bicyclic) bond motifs is 1. The molecule has 0 spiro atoms. The molecule has 0 fully saturated rings. The molecule has 5 nitrogen and oxygen atoms in total. The first-order chi connectivity index (χ1) is 14.8. The van der Waals surface area contributed by atoms with Gasteiger partial charge in [-0.25, -0.2) is 4.68 Å². The van der Waals surface area contributed by atoms with E-state index in [-0.39, 0.29) is 6.61 Å². The van der Waals surface area contributed by atoms with Gasteiger partial charge in [0.15, 0.2) is 5.42 Å². The Morgan fingerprint density at radius 3 is 2.10 bits per heavy atom. The lowest BCUT2D eigenvalue weighted by atomic mass is 10.1. The SMILES string of the molecule is OC/C(c1ccccc1)=c1/cc/c(=C(\c2ccccc2)n2nnc3ccccc32)o1. The number of aromatic nitrogens is 3. The Labute approximate surface area is 172 Å². The molecule has 5 aromatic rings. The minimum atomic E-state index is -0.121. The molecule has 146 valence electrons. The van der Waals surface area contributed by atoms with Gasteiger partial charge in [-0.2, -0.15) is 0 Å². The summed E-state index contributed by atoms with van der Waals surface area (Å²) in [6.45, 7) is -0.121. The van der Waals surface area contributed by atoms with E-state index in [0.29, 0.717) is 10.8 Å². The molecule has 0 bridgehead atoms. The summed E-state index contributed by atoms with van der Waals surface area (Å²) in [6, 6.07) is 31.3. The smallest absolute Gasteiger partial charge is 0.153 e. The molecular formula is C25H19N3O2. The van der Waals surface area contributed by atoms with Crippen LogP contribution in [-0.4, -0.2) is 26.7 Å². The number of benzene rings is 3. The number of para-hydroxylation sites is 1. The van der Waals surface area contributed by atoms with Gasteiger partial charge in [0.1, 0.15) is 16.6 Å². The van der Waals surface area contributed by atoms with Gasteiger partial charge < -0.3 is 9.52 Å². The Balaban J connectivity index is 1.82. The summed E-state index contributed by atoms with van der Waals surface area (Å²) in [5.41, 5.74) is 6.38. The number of hydrogen-bond acceptors (Lipinski definition) is 4. The Morgan fingerprint density at radius 1 is 0.733 bits per heavy atom. The van der Waals surface area contributed by atoms with Crippen LogP contribution in [0.3, 0.4) is 0 Å². The first-order valence-electron chi connectivity index (χ1n) is 9.71. The lowest BCUT2D eigenvalue weighted by Gasteiger charge is -2.07. The molecule has 0 atom stereocenters. The predicted octanol–water partition coefficient (Wildman–Crippen LogP) is 2.92. The van der Waals surface area contributed by atoms with Crippen molar-refractivity contribution in [1.29, 1.82) is 0 Å². The summed E-state index contributed by atoms with van der Waals surface area (Å²) >= 11 is 0. The van der Waals surface area contributed by atoms with Crippen molar-refractivity contribution in [3.05, 3.63) is 119 Å². The first-order valence-corrected chi connectivity index (χ1v) is 9.71. The van der Waals surface area contributed by atoms with Crippen molar-refractivity contribution in [3.8, 4) is 0 Å². The summed E-state index contributed by atoms with van der Waals surface area (Å²) in [6.07, 6.45) is 0. The molecule has 0 unspecified atom stereocenters. The summed E-state index contributed by atoms with van der Waals surface area (Å²) in [5.74, 6) is 0. The highest BCUT2D eigenvalue weighted by Gasteiger charge is 2.14. The lowest BCUT2D eigenvalue weighted by molar-refractivity contribution is 0.346. The van der Waals surface area contributed by atoms with Crippen LogP contribution in [-0.2, 0) is 0 Å². The van der Waals surface area contributed by atoms with Gasteiger partial charge in [0.2, 0.25) is 0 Å². The minimum absolute atomic E-state index is 0.121. The normalized spacial score (nSPS) is 13.4. The number of nitrogens with zero attached hydrogens (tertiary/aromatic N) is 3. The third-order valence-corrected chi connectivity index (χ3v) is 5.03. The van der Waals surface area contributed by atoms with Crippen LogP contribution in [0.1, 0.15) is 11.1 Å². The van der Waals surface area contributed by atoms with Crippen LogP contribution < -0.4 is 10.8 Å². The third kappa shape index (κ3) is 3.21. The van der Waals surface area contributed by atoms with Gasteiger partial charge in [-0.15, -0.1) is 5.10 Å².